The van der Waals surface area contributed by atoms with Crippen LogP contribution in [-0.2, 0) is 14.3 Å². The fourth-order valence-corrected chi connectivity index (χ4v) is 2.16. The van der Waals surface area contributed by atoms with Crippen molar-refractivity contribution in [3.63, 3.8) is 0 Å². The molecule has 2 aliphatic rings. The summed E-state index contributed by atoms with van der Waals surface area (Å²) in [5, 5.41) is 2.87. The predicted octanol–water partition coefficient (Wildman–Crippen LogP) is -0.0976. The third-order valence-corrected chi connectivity index (χ3v) is 3.20. The van der Waals surface area contributed by atoms with Gasteiger partial charge < -0.3 is 4.74 Å². The Labute approximate surface area is 95.1 Å². The monoisotopic (exact) mass is 226 g/mol. The van der Waals surface area contributed by atoms with Gasteiger partial charge in [0.15, 0.2) is 0 Å². The molecule has 2 atom stereocenters. The van der Waals surface area contributed by atoms with E-state index in [1.165, 1.54) is 4.90 Å². The van der Waals surface area contributed by atoms with E-state index in [1.807, 2.05) is 0 Å². The second-order valence-electron chi connectivity index (χ2n) is 4.41. The fourth-order valence-electron chi connectivity index (χ4n) is 2.16. The van der Waals surface area contributed by atoms with Gasteiger partial charge in [-0.15, -0.1) is 0 Å². The molecule has 2 unspecified atom stereocenters. The number of imide groups is 1. The van der Waals surface area contributed by atoms with Crippen molar-refractivity contribution in [1.29, 1.82) is 0 Å². The van der Waals surface area contributed by atoms with Crippen molar-refractivity contribution < 1.29 is 14.3 Å². The van der Waals surface area contributed by atoms with Gasteiger partial charge in [-0.1, -0.05) is 0 Å². The van der Waals surface area contributed by atoms with E-state index >= 15 is 0 Å². The van der Waals surface area contributed by atoms with Gasteiger partial charge in [-0.2, -0.15) is 0 Å². The second kappa shape index (κ2) is 4.93. The van der Waals surface area contributed by atoms with E-state index < -0.39 is 0 Å². The van der Waals surface area contributed by atoms with Gasteiger partial charge >= 0.3 is 0 Å². The number of rotatable bonds is 3. The Morgan fingerprint density at radius 3 is 3.00 bits per heavy atom. The van der Waals surface area contributed by atoms with Gasteiger partial charge in [0.05, 0.1) is 18.7 Å². The summed E-state index contributed by atoms with van der Waals surface area (Å²) in [6.07, 6.45) is 3.13. The molecule has 0 aromatic heterocycles. The third-order valence-electron chi connectivity index (χ3n) is 3.20. The van der Waals surface area contributed by atoms with Crippen LogP contribution in [0.4, 0.5) is 0 Å². The summed E-state index contributed by atoms with van der Waals surface area (Å²) in [7, 11) is 0. The molecular formula is C11H18N2O3. The highest BCUT2D eigenvalue weighted by atomic mass is 16.5. The third kappa shape index (κ3) is 2.41. The van der Waals surface area contributed by atoms with Gasteiger partial charge in [0.2, 0.25) is 11.8 Å². The summed E-state index contributed by atoms with van der Waals surface area (Å²) in [5.74, 6) is -0.240. The lowest BCUT2D eigenvalue weighted by atomic mass is 10.1. The predicted molar refractivity (Wildman–Crippen MR) is 57.8 cm³/mol. The van der Waals surface area contributed by atoms with Crippen LogP contribution in [0.1, 0.15) is 26.2 Å². The van der Waals surface area contributed by atoms with E-state index in [0.717, 1.165) is 25.9 Å². The van der Waals surface area contributed by atoms with E-state index in [1.54, 1.807) is 6.92 Å². The summed E-state index contributed by atoms with van der Waals surface area (Å²) in [4.78, 5) is 24.7. The van der Waals surface area contributed by atoms with Gasteiger partial charge in [-0.3, -0.25) is 19.8 Å². The van der Waals surface area contributed by atoms with E-state index in [-0.39, 0.29) is 30.5 Å². The van der Waals surface area contributed by atoms with Crippen LogP contribution < -0.4 is 5.32 Å². The standard InChI is InChI=1S/C11H18N2O3/c1-8-11(15)13(10(14)7-12-8)5-4-9-3-2-6-16-9/h8-9,12H,2-7H2,1H3. The molecule has 0 aromatic rings. The summed E-state index contributed by atoms with van der Waals surface area (Å²) in [5.41, 5.74) is 0. The molecule has 0 spiro atoms. The number of carbonyl (C=O) groups excluding carboxylic acids is 2. The van der Waals surface area contributed by atoms with Crippen LogP contribution in [0.15, 0.2) is 0 Å². The number of amides is 2. The zero-order valence-corrected chi connectivity index (χ0v) is 9.57. The summed E-state index contributed by atoms with van der Waals surface area (Å²) >= 11 is 0. The smallest absolute Gasteiger partial charge is 0.246 e. The van der Waals surface area contributed by atoms with Crippen LogP contribution >= 0.6 is 0 Å². The van der Waals surface area contributed by atoms with Crippen LogP contribution in [0.3, 0.4) is 0 Å². The molecule has 2 saturated heterocycles. The number of carbonyl (C=O) groups is 2. The Kier molecular flexibility index (Phi) is 3.56. The molecule has 1 N–H and O–H groups in total. The zero-order valence-electron chi connectivity index (χ0n) is 9.57. The molecule has 0 radical (unpaired) electrons. The lowest BCUT2D eigenvalue weighted by molar-refractivity contribution is -0.149. The topological polar surface area (TPSA) is 58.6 Å². The first-order valence-electron chi connectivity index (χ1n) is 5.87. The highest BCUT2D eigenvalue weighted by molar-refractivity contribution is 6.00. The number of ether oxygens (including phenoxy) is 1. The lowest BCUT2D eigenvalue weighted by Crippen LogP contribution is -2.57. The highest BCUT2D eigenvalue weighted by Gasteiger charge is 2.31. The van der Waals surface area contributed by atoms with Crippen LogP contribution in [0, 0.1) is 0 Å². The molecule has 0 bridgehead atoms. The Hall–Kier alpha value is -0.940. The van der Waals surface area contributed by atoms with Crippen LogP contribution in [0.2, 0.25) is 0 Å². The Bertz CT molecular complexity index is 287. The number of hydrogen-bond acceptors (Lipinski definition) is 4. The van der Waals surface area contributed by atoms with Crippen molar-refractivity contribution in [2.75, 3.05) is 19.7 Å². The van der Waals surface area contributed by atoms with Crippen molar-refractivity contribution in [3.05, 3.63) is 0 Å². The maximum atomic E-state index is 11.7. The normalized spacial score (nSPS) is 31.2. The van der Waals surface area contributed by atoms with E-state index in [2.05, 4.69) is 5.32 Å². The minimum absolute atomic E-state index is 0.116. The molecule has 2 aliphatic heterocycles. The molecule has 5 nitrogen and oxygen atoms in total. The molecule has 90 valence electrons. The molecule has 16 heavy (non-hydrogen) atoms. The maximum absolute atomic E-state index is 11.7. The van der Waals surface area contributed by atoms with Crippen LogP contribution in [0.25, 0.3) is 0 Å². The SMILES string of the molecule is CC1NCC(=O)N(CCC2CCCO2)C1=O. The molecular weight excluding hydrogens is 208 g/mol. The van der Waals surface area contributed by atoms with E-state index in [0.29, 0.717) is 6.54 Å². The lowest BCUT2D eigenvalue weighted by Gasteiger charge is -2.30. The molecule has 0 saturated carbocycles. The maximum Gasteiger partial charge on any atom is 0.246 e. The van der Waals surface area contributed by atoms with Crippen LogP contribution in [0.5, 0.6) is 0 Å². The van der Waals surface area contributed by atoms with Gasteiger partial charge in [-0.05, 0) is 26.2 Å². The van der Waals surface area contributed by atoms with Crippen molar-refractivity contribution >= 4 is 11.8 Å². The first-order valence-corrected chi connectivity index (χ1v) is 5.87. The number of nitrogens with zero attached hydrogens (tertiary/aromatic N) is 1. The van der Waals surface area contributed by atoms with Crippen molar-refractivity contribution in [3.8, 4) is 0 Å². The Balaban J connectivity index is 1.86. The minimum Gasteiger partial charge on any atom is -0.378 e. The van der Waals surface area contributed by atoms with E-state index in [9.17, 15) is 9.59 Å². The number of piperazine rings is 1. The van der Waals surface area contributed by atoms with Gasteiger partial charge in [-0.25, -0.2) is 0 Å². The molecule has 2 fully saturated rings. The molecule has 2 heterocycles. The average Bonchev–Trinajstić information content (AvgIpc) is 2.77. The molecule has 2 amide bonds. The average molecular weight is 226 g/mol. The molecule has 2 rings (SSSR count). The minimum atomic E-state index is -0.248. The number of nitrogens with one attached hydrogen (secondary N) is 1. The van der Waals surface area contributed by atoms with Gasteiger partial charge in [0, 0.05) is 13.2 Å². The van der Waals surface area contributed by atoms with Crippen molar-refractivity contribution in [1.82, 2.24) is 10.2 Å². The summed E-state index contributed by atoms with van der Waals surface area (Å²) in [6.45, 7) is 3.35. The largest absolute Gasteiger partial charge is 0.378 e. The highest BCUT2D eigenvalue weighted by Crippen LogP contribution is 2.16. The zero-order chi connectivity index (χ0) is 11.5. The summed E-state index contributed by atoms with van der Waals surface area (Å²) in [6, 6.07) is -0.248. The van der Waals surface area contributed by atoms with Gasteiger partial charge in [0.25, 0.3) is 0 Å². The number of hydrogen-bond donors (Lipinski definition) is 1. The molecule has 5 heteroatoms. The van der Waals surface area contributed by atoms with Gasteiger partial charge in [0.1, 0.15) is 0 Å². The Morgan fingerprint density at radius 1 is 1.50 bits per heavy atom. The van der Waals surface area contributed by atoms with Crippen LogP contribution in [-0.4, -0.2) is 48.6 Å². The van der Waals surface area contributed by atoms with Crippen molar-refractivity contribution in [2.24, 2.45) is 0 Å². The molecule has 0 aliphatic carbocycles. The van der Waals surface area contributed by atoms with Crippen molar-refractivity contribution in [2.45, 2.75) is 38.3 Å². The second-order valence-corrected chi connectivity index (χ2v) is 4.41. The first kappa shape index (κ1) is 11.5. The van der Waals surface area contributed by atoms with E-state index in [4.69, 9.17) is 4.74 Å². The molecule has 0 aromatic carbocycles. The Morgan fingerprint density at radius 2 is 2.31 bits per heavy atom. The summed E-state index contributed by atoms with van der Waals surface area (Å²) < 4.78 is 5.48. The first-order chi connectivity index (χ1) is 7.68. The fraction of sp³-hybridized carbons (Fsp3) is 0.818. The quantitative estimate of drug-likeness (QED) is 0.683.